The predicted molar refractivity (Wildman–Crippen MR) is 143 cm³/mol. The second-order valence-corrected chi connectivity index (χ2v) is 10.7. The topological polar surface area (TPSA) is 95.1 Å². The van der Waals surface area contributed by atoms with Crippen LogP contribution in [-0.4, -0.2) is 36.9 Å². The van der Waals surface area contributed by atoms with Gasteiger partial charge < -0.3 is 24.3 Å². The number of ether oxygens (including phenoxy) is 4. The Morgan fingerprint density at radius 1 is 0.811 bits per heavy atom. The Balaban J connectivity index is 1.51. The van der Waals surface area contributed by atoms with Gasteiger partial charge in [-0.05, 0) is 66.4 Å². The molecule has 0 spiro atoms. The molecule has 3 aromatic carbocycles. The van der Waals surface area contributed by atoms with Gasteiger partial charge in [0, 0.05) is 23.2 Å². The summed E-state index contributed by atoms with van der Waals surface area (Å²) < 4.78 is 51.2. The molecule has 0 saturated carbocycles. The molecule has 8 nitrogen and oxygen atoms in total. The van der Waals surface area contributed by atoms with Gasteiger partial charge >= 0.3 is 0 Å². The largest absolute Gasteiger partial charge is 0.497 e. The van der Waals surface area contributed by atoms with Crippen LogP contribution in [0.1, 0.15) is 29.5 Å². The highest BCUT2D eigenvalue weighted by atomic mass is 32.2. The van der Waals surface area contributed by atoms with Gasteiger partial charge in [-0.2, -0.15) is 0 Å². The molecular formula is C28H30N2O6S. The average Bonchev–Trinajstić information content (AvgIpc) is 3.42. The van der Waals surface area contributed by atoms with Gasteiger partial charge in [0.2, 0.25) is 0 Å². The van der Waals surface area contributed by atoms with Crippen LogP contribution < -0.4 is 29.0 Å². The van der Waals surface area contributed by atoms with Gasteiger partial charge in [0.05, 0.1) is 45.1 Å². The summed E-state index contributed by atoms with van der Waals surface area (Å²) in [5.74, 6) is 2.70. The zero-order valence-electron chi connectivity index (χ0n) is 21.1. The first kappa shape index (κ1) is 24.8. The lowest BCUT2D eigenvalue weighted by atomic mass is 9.77. The second-order valence-electron chi connectivity index (χ2n) is 9.00. The Labute approximate surface area is 217 Å². The van der Waals surface area contributed by atoms with E-state index in [0.29, 0.717) is 17.2 Å². The monoisotopic (exact) mass is 522 g/mol. The maximum absolute atomic E-state index is 13.4. The van der Waals surface area contributed by atoms with E-state index in [1.54, 1.807) is 44.6 Å². The molecule has 0 aromatic heterocycles. The lowest BCUT2D eigenvalue weighted by Crippen LogP contribution is -2.29. The van der Waals surface area contributed by atoms with E-state index in [2.05, 4.69) is 22.2 Å². The van der Waals surface area contributed by atoms with Crippen molar-refractivity contribution in [3.05, 3.63) is 77.9 Å². The molecule has 0 radical (unpaired) electrons. The number of nitrogens with one attached hydrogen (secondary N) is 2. The van der Waals surface area contributed by atoms with Crippen LogP contribution in [-0.2, 0) is 10.0 Å². The number of anilines is 2. The van der Waals surface area contributed by atoms with Crippen LogP contribution in [0.3, 0.4) is 0 Å². The van der Waals surface area contributed by atoms with Crippen LogP contribution in [0.4, 0.5) is 11.4 Å². The molecule has 9 heteroatoms. The van der Waals surface area contributed by atoms with E-state index in [9.17, 15) is 8.42 Å². The number of hydrogen-bond acceptors (Lipinski definition) is 7. The summed E-state index contributed by atoms with van der Waals surface area (Å²) in [5, 5.41) is 3.65. The lowest BCUT2D eigenvalue weighted by molar-refractivity contribution is 0.374. The van der Waals surface area contributed by atoms with Gasteiger partial charge in [0.1, 0.15) is 23.0 Å². The standard InChI is InChI=1S/C28H30N2O6S/c1-33-17-8-12-26(35-3)23(14-17)28-21-7-5-6-20(21)22-16-19(10-11-24(22)29-28)37(31,32)30-25-15-18(34-2)9-13-27(25)36-4/h5-6,8-16,20-21,28-30H,7H2,1-4H3/t20-,21+,28-/m0/s1. The summed E-state index contributed by atoms with van der Waals surface area (Å²) in [4.78, 5) is 0.175. The van der Waals surface area contributed by atoms with Gasteiger partial charge in [0.25, 0.3) is 10.0 Å². The number of sulfonamides is 1. The number of hydrogen-bond donors (Lipinski definition) is 2. The number of allylic oxidation sites excluding steroid dienone is 2. The van der Waals surface area contributed by atoms with E-state index >= 15 is 0 Å². The fourth-order valence-corrected chi connectivity index (χ4v) is 6.32. The van der Waals surface area contributed by atoms with Crippen molar-refractivity contribution >= 4 is 21.4 Å². The van der Waals surface area contributed by atoms with E-state index in [1.165, 1.54) is 14.2 Å². The van der Waals surface area contributed by atoms with Crippen LogP contribution >= 0.6 is 0 Å². The molecule has 0 unspecified atom stereocenters. The second kappa shape index (κ2) is 9.89. The van der Waals surface area contributed by atoms with Crippen LogP contribution in [0.15, 0.2) is 71.6 Å². The van der Waals surface area contributed by atoms with Crippen LogP contribution in [0, 0.1) is 5.92 Å². The van der Waals surface area contributed by atoms with E-state index in [0.717, 1.165) is 34.7 Å². The predicted octanol–water partition coefficient (Wildman–Crippen LogP) is 5.35. The third-order valence-electron chi connectivity index (χ3n) is 7.07. The third-order valence-corrected chi connectivity index (χ3v) is 8.43. The summed E-state index contributed by atoms with van der Waals surface area (Å²) in [6.45, 7) is 0. The van der Waals surface area contributed by atoms with Crippen LogP contribution in [0.5, 0.6) is 23.0 Å². The van der Waals surface area contributed by atoms with Gasteiger partial charge in [-0.3, -0.25) is 4.72 Å². The van der Waals surface area contributed by atoms with Gasteiger partial charge in [0.15, 0.2) is 0 Å². The first-order valence-corrected chi connectivity index (χ1v) is 13.4. The molecule has 1 aliphatic carbocycles. The Morgan fingerprint density at radius 3 is 2.22 bits per heavy atom. The first-order chi connectivity index (χ1) is 17.9. The van der Waals surface area contributed by atoms with Crippen molar-refractivity contribution in [2.75, 3.05) is 38.5 Å². The average molecular weight is 523 g/mol. The number of methoxy groups -OCH3 is 4. The molecule has 37 heavy (non-hydrogen) atoms. The molecule has 1 aliphatic heterocycles. The Bertz CT molecular complexity index is 1450. The normalized spacial score (nSPS) is 19.8. The maximum atomic E-state index is 13.4. The zero-order chi connectivity index (χ0) is 26.2. The summed E-state index contributed by atoms with van der Waals surface area (Å²) in [6.07, 6.45) is 5.18. The number of rotatable bonds is 8. The number of benzene rings is 3. The molecule has 0 saturated heterocycles. The van der Waals surface area contributed by atoms with Crippen molar-refractivity contribution in [3.63, 3.8) is 0 Å². The van der Waals surface area contributed by atoms with Crippen molar-refractivity contribution in [2.24, 2.45) is 5.92 Å². The Hall–Kier alpha value is -3.85. The summed E-state index contributed by atoms with van der Waals surface area (Å²) in [6, 6.07) is 15.9. The maximum Gasteiger partial charge on any atom is 0.262 e. The minimum absolute atomic E-state index is 0.0285. The quantitative estimate of drug-likeness (QED) is 0.385. The molecular weight excluding hydrogens is 492 g/mol. The highest BCUT2D eigenvalue weighted by Gasteiger charge is 2.39. The van der Waals surface area contributed by atoms with Gasteiger partial charge in [-0.1, -0.05) is 12.2 Å². The molecule has 3 atom stereocenters. The van der Waals surface area contributed by atoms with Crippen molar-refractivity contribution in [1.29, 1.82) is 0 Å². The Morgan fingerprint density at radius 2 is 1.51 bits per heavy atom. The molecule has 3 aromatic rings. The van der Waals surface area contributed by atoms with Gasteiger partial charge in [-0.25, -0.2) is 8.42 Å². The van der Waals surface area contributed by atoms with Crippen molar-refractivity contribution < 1.29 is 27.4 Å². The van der Waals surface area contributed by atoms with E-state index in [1.807, 2.05) is 24.3 Å². The Kier molecular flexibility index (Phi) is 6.64. The fourth-order valence-electron chi connectivity index (χ4n) is 5.23. The molecule has 1 heterocycles. The molecule has 2 aliphatic rings. The van der Waals surface area contributed by atoms with Crippen LogP contribution in [0.2, 0.25) is 0 Å². The smallest absolute Gasteiger partial charge is 0.262 e. The molecule has 2 N–H and O–H groups in total. The summed E-state index contributed by atoms with van der Waals surface area (Å²) in [7, 11) is 2.43. The van der Waals surface area contributed by atoms with E-state index < -0.39 is 10.0 Å². The van der Waals surface area contributed by atoms with Crippen molar-refractivity contribution in [1.82, 2.24) is 0 Å². The fraction of sp³-hybridized carbons (Fsp3) is 0.286. The van der Waals surface area contributed by atoms with Crippen molar-refractivity contribution in [3.8, 4) is 23.0 Å². The first-order valence-electron chi connectivity index (χ1n) is 11.9. The van der Waals surface area contributed by atoms with Crippen molar-refractivity contribution in [2.45, 2.75) is 23.3 Å². The van der Waals surface area contributed by atoms with Crippen LogP contribution in [0.25, 0.3) is 0 Å². The molecule has 0 bridgehead atoms. The molecule has 0 fully saturated rings. The third kappa shape index (κ3) is 4.55. The summed E-state index contributed by atoms with van der Waals surface area (Å²) in [5.41, 5.74) is 3.15. The summed E-state index contributed by atoms with van der Waals surface area (Å²) >= 11 is 0. The molecule has 5 rings (SSSR count). The number of fused-ring (bicyclic) bond motifs is 3. The lowest BCUT2D eigenvalue weighted by Gasteiger charge is -2.38. The molecule has 194 valence electrons. The molecule has 0 amide bonds. The highest BCUT2D eigenvalue weighted by Crippen LogP contribution is 2.52. The highest BCUT2D eigenvalue weighted by molar-refractivity contribution is 7.92. The zero-order valence-corrected chi connectivity index (χ0v) is 22.0. The van der Waals surface area contributed by atoms with E-state index in [4.69, 9.17) is 18.9 Å². The SMILES string of the molecule is COc1ccc(OC)c(NS(=O)(=O)c2ccc3c(c2)[C@H]2C=CC[C@H]2[C@@H](c2cc(OC)ccc2OC)N3)c1. The van der Waals surface area contributed by atoms with E-state index in [-0.39, 0.29) is 22.8 Å². The van der Waals surface area contributed by atoms with Gasteiger partial charge in [-0.15, -0.1) is 0 Å². The minimum atomic E-state index is -3.89. The minimum Gasteiger partial charge on any atom is -0.497 e.